The van der Waals surface area contributed by atoms with E-state index in [2.05, 4.69) is 21.2 Å². The fraction of sp³-hybridized carbons (Fsp3) is 0.0714. The molecule has 2 nitrogen and oxygen atoms in total. The second-order valence-electron chi connectivity index (χ2n) is 4.10. The fourth-order valence-corrected chi connectivity index (χ4v) is 2.21. The summed E-state index contributed by atoms with van der Waals surface area (Å²) in [6.07, 6.45) is 0. The number of benzene rings is 2. The van der Waals surface area contributed by atoms with Crippen molar-refractivity contribution >= 4 is 27.5 Å². The molecule has 2 aromatic carbocycles. The second kappa shape index (κ2) is 5.48. The Kier molecular flexibility index (Phi) is 3.95. The molecule has 0 fully saturated rings. The first-order valence-corrected chi connectivity index (χ1v) is 6.28. The Hall–Kier alpha value is -1.75. The van der Waals surface area contributed by atoms with Crippen LogP contribution in [-0.4, -0.2) is 5.91 Å². The van der Waals surface area contributed by atoms with Gasteiger partial charge in [-0.25, -0.2) is 8.78 Å². The van der Waals surface area contributed by atoms with Crippen molar-refractivity contribution in [2.75, 3.05) is 5.32 Å². The first kappa shape index (κ1) is 13.7. The van der Waals surface area contributed by atoms with Gasteiger partial charge in [0.2, 0.25) is 0 Å². The quantitative estimate of drug-likeness (QED) is 0.876. The van der Waals surface area contributed by atoms with E-state index < -0.39 is 17.5 Å². The number of hydrogen-bond acceptors (Lipinski definition) is 1. The molecule has 2 aromatic rings. The predicted molar refractivity (Wildman–Crippen MR) is 73.2 cm³/mol. The van der Waals surface area contributed by atoms with Crippen LogP contribution in [0.1, 0.15) is 15.9 Å². The average molecular weight is 326 g/mol. The third kappa shape index (κ3) is 3.38. The van der Waals surface area contributed by atoms with Crippen LogP contribution in [0.5, 0.6) is 0 Å². The van der Waals surface area contributed by atoms with Gasteiger partial charge in [0.15, 0.2) is 0 Å². The molecular formula is C14H10BrF2NO. The van der Waals surface area contributed by atoms with Gasteiger partial charge in [-0.3, -0.25) is 4.79 Å². The van der Waals surface area contributed by atoms with Crippen LogP contribution in [0.4, 0.5) is 14.5 Å². The smallest absolute Gasteiger partial charge is 0.256 e. The van der Waals surface area contributed by atoms with Gasteiger partial charge >= 0.3 is 0 Å². The molecule has 0 saturated carbocycles. The first-order chi connectivity index (χ1) is 8.95. The Bertz CT molecular complexity index is 623. The zero-order chi connectivity index (χ0) is 14.0. The Balaban J connectivity index is 2.25. The summed E-state index contributed by atoms with van der Waals surface area (Å²) in [7, 11) is 0. The zero-order valence-corrected chi connectivity index (χ0v) is 11.6. The SMILES string of the molecule is Cc1cc(F)cc(NC(=O)c2ccc(F)cc2Br)c1. The van der Waals surface area contributed by atoms with Gasteiger partial charge in [-0.15, -0.1) is 0 Å². The molecule has 0 spiro atoms. The van der Waals surface area contributed by atoms with Crippen molar-refractivity contribution in [1.29, 1.82) is 0 Å². The number of amides is 1. The number of aryl methyl sites for hydroxylation is 1. The number of rotatable bonds is 2. The summed E-state index contributed by atoms with van der Waals surface area (Å²) in [6.45, 7) is 1.73. The Labute approximate surface area is 117 Å². The van der Waals surface area contributed by atoms with Crippen LogP contribution in [-0.2, 0) is 0 Å². The summed E-state index contributed by atoms with van der Waals surface area (Å²) in [5.41, 5.74) is 1.34. The maximum Gasteiger partial charge on any atom is 0.256 e. The zero-order valence-electron chi connectivity index (χ0n) is 10.0. The Morgan fingerprint density at radius 1 is 1.11 bits per heavy atom. The summed E-state index contributed by atoms with van der Waals surface area (Å²) in [5, 5.41) is 2.57. The topological polar surface area (TPSA) is 29.1 Å². The minimum Gasteiger partial charge on any atom is -0.322 e. The molecular weight excluding hydrogens is 316 g/mol. The van der Waals surface area contributed by atoms with Crippen LogP contribution < -0.4 is 5.32 Å². The molecule has 0 aliphatic heterocycles. The molecule has 0 aromatic heterocycles. The molecule has 98 valence electrons. The van der Waals surface area contributed by atoms with Crippen LogP contribution in [0.2, 0.25) is 0 Å². The van der Waals surface area contributed by atoms with Crippen LogP contribution in [0.25, 0.3) is 0 Å². The van der Waals surface area contributed by atoms with E-state index in [1.54, 1.807) is 13.0 Å². The van der Waals surface area contributed by atoms with E-state index in [1.165, 1.54) is 30.3 Å². The van der Waals surface area contributed by atoms with Crippen LogP contribution in [0.15, 0.2) is 40.9 Å². The van der Waals surface area contributed by atoms with Crippen LogP contribution >= 0.6 is 15.9 Å². The summed E-state index contributed by atoms with van der Waals surface area (Å²) < 4.78 is 26.5. The van der Waals surface area contributed by atoms with Crippen molar-refractivity contribution in [2.24, 2.45) is 0 Å². The van der Waals surface area contributed by atoms with Crippen molar-refractivity contribution in [3.05, 3.63) is 63.6 Å². The lowest BCUT2D eigenvalue weighted by molar-refractivity contribution is 0.102. The Morgan fingerprint density at radius 2 is 1.84 bits per heavy atom. The molecule has 1 N–H and O–H groups in total. The standard InChI is InChI=1S/C14H10BrF2NO/c1-8-4-10(17)6-11(5-8)18-14(19)12-3-2-9(16)7-13(12)15/h2-7H,1H3,(H,18,19). The van der Waals surface area contributed by atoms with Gasteiger partial charge < -0.3 is 5.32 Å². The maximum atomic E-state index is 13.2. The highest BCUT2D eigenvalue weighted by Gasteiger charge is 2.11. The second-order valence-corrected chi connectivity index (χ2v) is 4.95. The van der Waals surface area contributed by atoms with E-state index >= 15 is 0 Å². The third-order valence-corrected chi connectivity index (χ3v) is 3.13. The number of carbonyl (C=O) groups is 1. The van der Waals surface area contributed by atoms with Gasteiger partial charge in [0.1, 0.15) is 11.6 Å². The van der Waals surface area contributed by atoms with E-state index in [-0.39, 0.29) is 5.56 Å². The van der Waals surface area contributed by atoms with E-state index in [1.807, 2.05) is 0 Å². The molecule has 19 heavy (non-hydrogen) atoms. The number of halogens is 3. The minimum absolute atomic E-state index is 0.281. The van der Waals surface area contributed by atoms with Crippen molar-refractivity contribution in [3.8, 4) is 0 Å². The van der Waals surface area contributed by atoms with Crippen molar-refractivity contribution in [3.63, 3.8) is 0 Å². The van der Waals surface area contributed by atoms with Crippen LogP contribution in [0.3, 0.4) is 0 Å². The normalized spacial score (nSPS) is 10.3. The predicted octanol–water partition coefficient (Wildman–Crippen LogP) is 4.29. The summed E-state index contributed by atoms with van der Waals surface area (Å²) in [5.74, 6) is -1.30. The van der Waals surface area contributed by atoms with Gasteiger partial charge in [-0.2, -0.15) is 0 Å². The summed E-state index contributed by atoms with van der Waals surface area (Å²) in [6, 6.07) is 7.99. The monoisotopic (exact) mass is 325 g/mol. The largest absolute Gasteiger partial charge is 0.322 e. The molecule has 1 amide bonds. The molecule has 5 heteroatoms. The lowest BCUT2D eigenvalue weighted by atomic mass is 10.2. The molecule has 0 bridgehead atoms. The highest BCUT2D eigenvalue weighted by Crippen LogP contribution is 2.20. The summed E-state index contributed by atoms with van der Waals surface area (Å²) in [4.78, 5) is 12.0. The van der Waals surface area contributed by atoms with Gasteiger partial charge in [-0.1, -0.05) is 0 Å². The first-order valence-electron chi connectivity index (χ1n) is 5.49. The third-order valence-electron chi connectivity index (χ3n) is 2.48. The van der Waals surface area contributed by atoms with Crippen LogP contribution in [0, 0.1) is 18.6 Å². The highest BCUT2D eigenvalue weighted by molar-refractivity contribution is 9.10. The van der Waals surface area contributed by atoms with Gasteiger partial charge in [-0.05, 0) is 64.8 Å². The van der Waals surface area contributed by atoms with Gasteiger partial charge in [0, 0.05) is 10.2 Å². The van der Waals surface area contributed by atoms with Gasteiger partial charge in [0.05, 0.1) is 5.56 Å². The molecule has 2 rings (SSSR count). The molecule has 0 aliphatic rings. The lowest BCUT2D eigenvalue weighted by Gasteiger charge is -2.08. The van der Waals surface area contributed by atoms with Crippen molar-refractivity contribution in [2.45, 2.75) is 6.92 Å². The van der Waals surface area contributed by atoms with Crippen molar-refractivity contribution in [1.82, 2.24) is 0 Å². The molecule has 0 atom stereocenters. The highest BCUT2D eigenvalue weighted by atomic mass is 79.9. The van der Waals surface area contributed by atoms with E-state index in [0.717, 1.165) is 0 Å². The minimum atomic E-state index is -0.440. The van der Waals surface area contributed by atoms with E-state index in [0.29, 0.717) is 15.7 Å². The lowest BCUT2D eigenvalue weighted by Crippen LogP contribution is -2.13. The average Bonchev–Trinajstić information content (AvgIpc) is 2.26. The summed E-state index contributed by atoms with van der Waals surface area (Å²) >= 11 is 3.12. The number of nitrogens with one attached hydrogen (secondary N) is 1. The molecule has 0 aliphatic carbocycles. The molecule has 0 unspecified atom stereocenters. The number of hydrogen-bond donors (Lipinski definition) is 1. The molecule has 0 radical (unpaired) electrons. The maximum absolute atomic E-state index is 13.2. The molecule has 0 saturated heterocycles. The fourth-order valence-electron chi connectivity index (χ4n) is 1.68. The number of carbonyl (C=O) groups excluding carboxylic acids is 1. The Morgan fingerprint density at radius 3 is 2.47 bits per heavy atom. The molecule has 0 heterocycles. The number of anilines is 1. The van der Waals surface area contributed by atoms with Crippen molar-refractivity contribution < 1.29 is 13.6 Å². The van der Waals surface area contributed by atoms with E-state index in [4.69, 9.17) is 0 Å². The van der Waals surface area contributed by atoms with E-state index in [9.17, 15) is 13.6 Å². The van der Waals surface area contributed by atoms with Gasteiger partial charge in [0.25, 0.3) is 5.91 Å².